The summed E-state index contributed by atoms with van der Waals surface area (Å²) < 4.78 is 0. The van der Waals surface area contributed by atoms with Crippen LogP contribution in [0.2, 0.25) is 0 Å². The normalized spacial score (nSPS) is 20.9. The highest BCUT2D eigenvalue weighted by Gasteiger charge is 2.12. The van der Waals surface area contributed by atoms with Gasteiger partial charge in [-0.2, -0.15) is 0 Å². The average molecular weight is 160 g/mol. The van der Waals surface area contributed by atoms with Gasteiger partial charge in [0, 0.05) is 18.1 Å². The van der Waals surface area contributed by atoms with Gasteiger partial charge < -0.3 is 5.32 Å². The van der Waals surface area contributed by atoms with E-state index in [4.69, 9.17) is 11.6 Å². The molecule has 0 bridgehead atoms. The lowest BCUT2D eigenvalue weighted by Gasteiger charge is -2.07. The third kappa shape index (κ3) is 2.72. The molecule has 1 aliphatic carbocycles. The molecular formula is C8H14ClN. The quantitative estimate of drug-likeness (QED) is 0.666. The number of nitrogens with one attached hydrogen (secondary N) is 1. The zero-order valence-electron chi connectivity index (χ0n) is 6.15. The molecular weight excluding hydrogens is 146 g/mol. The van der Waals surface area contributed by atoms with Crippen LogP contribution in [-0.4, -0.2) is 12.6 Å². The predicted octanol–water partition coefficient (Wildman–Crippen LogP) is 2.27. The summed E-state index contributed by atoms with van der Waals surface area (Å²) in [6.45, 7) is 0.925. The first-order valence-corrected chi connectivity index (χ1v) is 4.35. The van der Waals surface area contributed by atoms with Crippen LogP contribution in [0.3, 0.4) is 0 Å². The Kier molecular flexibility index (Phi) is 3.84. The number of hydrogen-bond acceptors (Lipinski definition) is 1. The van der Waals surface area contributed by atoms with Gasteiger partial charge in [-0.25, -0.2) is 0 Å². The summed E-state index contributed by atoms with van der Waals surface area (Å²) in [4.78, 5) is 0. The molecule has 1 N–H and O–H groups in total. The standard InChI is InChI=1S/C8H14ClN/c9-6-3-7-10-8-4-1-2-5-8/h3,6,8,10H,1-2,4-5,7H2/b6-3+. The maximum atomic E-state index is 5.37. The molecule has 0 atom stereocenters. The molecule has 0 radical (unpaired) electrons. The van der Waals surface area contributed by atoms with Crippen LogP contribution in [-0.2, 0) is 0 Å². The topological polar surface area (TPSA) is 12.0 Å². The van der Waals surface area contributed by atoms with E-state index in [-0.39, 0.29) is 0 Å². The molecule has 1 saturated carbocycles. The molecule has 0 saturated heterocycles. The summed E-state index contributed by atoms with van der Waals surface area (Å²) in [6, 6.07) is 0.757. The van der Waals surface area contributed by atoms with Crippen molar-refractivity contribution in [2.75, 3.05) is 6.54 Å². The molecule has 0 amide bonds. The summed E-state index contributed by atoms with van der Waals surface area (Å²) >= 11 is 5.37. The van der Waals surface area contributed by atoms with Gasteiger partial charge in [-0.1, -0.05) is 30.5 Å². The number of hydrogen-bond donors (Lipinski definition) is 1. The van der Waals surface area contributed by atoms with Gasteiger partial charge in [-0.05, 0) is 12.8 Å². The van der Waals surface area contributed by atoms with E-state index in [9.17, 15) is 0 Å². The Morgan fingerprint density at radius 2 is 2.10 bits per heavy atom. The van der Waals surface area contributed by atoms with Crippen molar-refractivity contribution in [3.8, 4) is 0 Å². The fourth-order valence-electron chi connectivity index (χ4n) is 1.41. The summed E-state index contributed by atoms with van der Waals surface area (Å²) in [5.41, 5.74) is 1.57. The second kappa shape index (κ2) is 4.75. The molecule has 0 aromatic rings. The van der Waals surface area contributed by atoms with Gasteiger partial charge in [-0.15, -0.1) is 0 Å². The maximum Gasteiger partial charge on any atom is 0.0149 e. The fourth-order valence-corrected chi connectivity index (χ4v) is 1.50. The maximum absolute atomic E-state index is 5.37. The molecule has 10 heavy (non-hydrogen) atoms. The van der Waals surface area contributed by atoms with Crippen molar-refractivity contribution in [3.05, 3.63) is 11.6 Å². The van der Waals surface area contributed by atoms with Gasteiger partial charge >= 0.3 is 0 Å². The molecule has 1 aliphatic rings. The van der Waals surface area contributed by atoms with Crippen molar-refractivity contribution in [1.29, 1.82) is 0 Å². The molecule has 0 unspecified atom stereocenters. The Bertz CT molecular complexity index is 106. The zero-order chi connectivity index (χ0) is 7.23. The minimum atomic E-state index is 0.757. The van der Waals surface area contributed by atoms with Crippen LogP contribution in [0.4, 0.5) is 0 Å². The van der Waals surface area contributed by atoms with Crippen LogP contribution >= 0.6 is 11.6 Å². The molecule has 58 valence electrons. The Morgan fingerprint density at radius 3 is 2.70 bits per heavy atom. The lowest BCUT2D eigenvalue weighted by atomic mass is 10.2. The van der Waals surface area contributed by atoms with E-state index >= 15 is 0 Å². The van der Waals surface area contributed by atoms with Crippen LogP contribution in [0.15, 0.2) is 11.6 Å². The molecule has 0 aliphatic heterocycles. The molecule has 0 aromatic carbocycles. The largest absolute Gasteiger partial charge is 0.310 e. The highest BCUT2D eigenvalue weighted by atomic mass is 35.5. The Labute approximate surface area is 67.5 Å². The van der Waals surface area contributed by atoms with Crippen LogP contribution in [0, 0.1) is 0 Å². The van der Waals surface area contributed by atoms with Crippen LogP contribution in [0.25, 0.3) is 0 Å². The van der Waals surface area contributed by atoms with Crippen molar-refractivity contribution in [2.24, 2.45) is 0 Å². The van der Waals surface area contributed by atoms with Gasteiger partial charge in [0.25, 0.3) is 0 Å². The lowest BCUT2D eigenvalue weighted by molar-refractivity contribution is 0.557. The first kappa shape index (κ1) is 8.09. The third-order valence-corrected chi connectivity index (χ3v) is 2.15. The van der Waals surface area contributed by atoms with Crippen LogP contribution < -0.4 is 5.32 Å². The monoisotopic (exact) mass is 159 g/mol. The summed E-state index contributed by atoms with van der Waals surface area (Å²) in [5, 5.41) is 3.41. The van der Waals surface area contributed by atoms with Gasteiger partial charge in [0.1, 0.15) is 0 Å². The van der Waals surface area contributed by atoms with Crippen LogP contribution in [0.1, 0.15) is 25.7 Å². The lowest BCUT2D eigenvalue weighted by Crippen LogP contribution is -2.25. The molecule has 1 fully saturated rings. The Morgan fingerprint density at radius 1 is 1.40 bits per heavy atom. The van der Waals surface area contributed by atoms with Gasteiger partial charge in [-0.3, -0.25) is 0 Å². The van der Waals surface area contributed by atoms with E-state index in [1.54, 1.807) is 5.54 Å². The van der Waals surface area contributed by atoms with Crippen molar-refractivity contribution >= 4 is 11.6 Å². The molecule has 1 nitrogen and oxygen atoms in total. The molecule has 0 spiro atoms. The van der Waals surface area contributed by atoms with E-state index in [0.717, 1.165) is 12.6 Å². The van der Waals surface area contributed by atoms with Crippen molar-refractivity contribution in [2.45, 2.75) is 31.7 Å². The smallest absolute Gasteiger partial charge is 0.0149 e. The Hall–Kier alpha value is -0.0100. The number of rotatable bonds is 3. The van der Waals surface area contributed by atoms with Gasteiger partial charge in [0.15, 0.2) is 0 Å². The third-order valence-electron chi connectivity index (χ3n) is 1.97. The van der Waals surface area contributed by atoms with Crippen molar-refractivity contribution in [1.82, 2.24) is 5.32 Å². The minimum absolute atomic E-state index is 0.757. The SMILES string of the molecule is Cl/C=C/CNC1CCCC1. The summed E-state index contributed by atoms with van der Waals surface area (Å²) in [7, 11) is 0. The van der Waals surface area contributed by atoms with E-state index in [0.29, 0.717) is 0 Å². The summed E-state index contributed by atoms with van der Waals surface area (Å²) in [6.07, 6.45) is 7.41. The first-order valence-electron chi connectivity index (χ1n) is 3.92. The summed E-state index contributed by atoms with van der Waals surface area (Å²) in [5.74, 6) is 0. The second-order valence-electron chi connectivity index (χ2n) is 2.75. The molecule has 0 aromatic heterocycles. The van der Waals surface area contributed by atoms with Gasteiger partial charge in [0.2, 0.25) is 0 Å². The predicted molar refractivity (Wildman–Crippen MR) is 45.3 cm³/mol. The first-order chi connectivity index (χ1) is 4.93. The van der Waals surface area contributed by atoms with E-state index < -0.39 is 0 Å². The fraction of sp³-hybridized carbons (Fsp3) is 0.750. The average Bonchev–Trinajstić information content (AvgIpc) is 2.41. The van der Waals surface area contributed by atoms with E-state index in [2.05, 4.69) is 5.32 Å². The van der Waals surface area contributed by atoms with Gasteiger partial charge in [0.05, 0.1) is 0 Å². The van der Waals surface area contributed by atoms with E-state index in [1.165, 1.54) is 25.7 Å². The zero-order valence-corrected chi connectivity index (χ0v) is 6.90. The molecule has 0 heterocycles. The molecule has 2 heteroatoms. The van der Waals surface area contributed by atoms with E-state index in [1.807, 2.05) is 6.08 Å². The highest BCUT2D eigenvalue weighted by molar-refractivity contribution is 6.25. The Balaban J connectivity index is 2.01. The van der Waals surface area contributed by atoms with Crippen molar-refractivity contribution < 1.29 is 0 Å². The number of halogens is 1. The highest BCUT2D eigenvalue weighted by Crippen LogP contribution is 2.17. The van der Waals surface area contributed by atoms with Crippen molar-refractivity contribution in [3.63, 3.8) is 0 Å². The second-order valence-corrected chi connectivity index (χ2v) is 3.00. The molecule has 1 rings (SSSR count). The van der Waals surface area contributed by atoms with Crippen LogP contribution in [0.5, 0.6) is 0 Å². The minimum Gasteiger partial charge on any atom is -0.310 e.